The van der Waals surface area contributed by atoms with E-state index in [9.17, 15) is 14.4 Å². The van der Waals surface area contributed by atoms with Gasteiger partial charge in [0.05, 0.1) is 6.04 Å². The lowest BCUT2D eigenvalue weighted by Crippen LogP contribution is -2.63. The number of likely N-dealkylation sites (tertiary alicyclic amines) is 1. The molecule has 0 aromatic carbocycles. The molecule has 7 nitrogen and oxygen atoms in total. The van der Waals surface area contributed by atoms with Crippen LogP contribution in [-0.4, -0.2) is 65.8 Å². The van der Waals surface area contributed by atoms with Crippen LogP contribution in [0.5, 0.6) is 0 Å². The maximum atomic E-state index is 13.4. The lowest BCUT2D eigenvalue weighted by atomic mass is 9.90. The summed E-state index contributed by atoms with van der Waals surface area (Å²) in [6, 6.07) is -0.601. The van der Waals surface area contributed by atoms with Crippen LogP contribution in [0.15, 0.2) is 0 Å². The van der Waals surface area contributed by atoms with E-state index < -0.39 is 6.04 Å². The van der Waals surface area contributed by atoms with Gasteiger partial charge in [-0.15, -0.1) is 0 Å². The van der Waals surface area contributed by atoms with E-state index in [-0.39, 0.29) is 35.6 Å². The third-order valence-electron chi connectivity index (χ3n) is 6.22. The molecule has 2 unspecified atom stereocenters. The fourth-order valence-corrected chi connectivity index (χ4v) is 4.42. The molecule has 2 rings (SSSR count). The number of nitrogens with zero attached hydrogens (tertiary/aromatic N) is 2. The first-order chi connectivity index (χ1) is 13.2. The van der Waals surface area contributed by atoms with E-state index in [1.54, 1.807) is 0 Å². The molecule has 2 heterocycles. The molecule has 0 bridgehead atoms. The Bertz CT molecular complexity index is 558. The van der Waals surface area contributed by atoms with Crippen LogP contribution < -0.4 is 11.1 Å². The summed E-state index contributed by atoms with van der Waals surface area (Å²) in [6.07, 6.45) is 3.63. The number of nitrogens with two attached hydrogens (primary N) is 1. The topological polar surface area (TPSA) is 95.7 Å². The Labute approximate surface area is 169 Å². The third-order valence-corrected chi connectivity index (χ3v) is 6.22. The van der Waals surface area contributed by atoms with Gasteiger partial charge in [0.25, 0.3) is 0 Å². The number of carbonyl (C=O) groups is 3. The first-order valence-corrected chi connectivity index (χ1v) is 10.9. The number of nitrogens with one attached hydrogen (secondary N) is 1. The van der Waals surface area contributed by atoms with Crippen molar-refractivity contribution >= 4 is 17.7 Å². The highest BCUT2D eigenvalue weighted by Gasteiger charge is 2.41. The Morgan fingerprint density at radius 2 is 1.82 bits per heavy atom. The molecule has 0 spiro atoms. The Morgan fingerprint density at radius 1 is 1.18 bits per heavy atom. The quantitative estimate of drug-likeness (QED) is 0.650. The Morgan fingerprint density at radius 3 is 2.36 bits per heavy atom. The summed E-state index contributed by atoms with van der Waals surface area (Å²) in [5, 5.41) is 3.32. The van der Waals surface area contributed by atoms with E-state index in [4.69, 9.17) is 5.73 Å². The normalized spacial score (nSPS) is 23.8. The number of hydrogen-bond acceptors (Lipinski definition) is 4. The predicted molar refractivity (Wildman–Crippen MR) is 109 cm³/mol. The van der Waals surface area contributed by atoms with Crippen LogP contribution in [0.3, 0.4) is 0 Å². The second-order valence-electron chi connectivity index (χ2n) is 8.94. The van der Waals surface area contributed by atoms with Crippen molar-refractivity contribution in [1.82, 2.24) is 15.1 Å². The summed E-state index contributed by atoms with van der Waals surface area (Å²) in [5.74, 6) is 0.637. The predicted octanol–water partition coefficient (Wildman–Crippen LogP) is 1.36. The van der Waals surface area contributed by atoms with Gasteiger partial charge >= 0.3 is 0 Å². The lowest BCUT2D eigenvalue weighted by molar-refractivity contribution is -0.152. The van der Waals surface area contributed by atoms with Crippen molar-refractivity contribution in [2.45, 2.75) is 71.9 Å². The van der Waals surface area contributed by atoms with Gasteiger partial charge < -0.3 is 20.9 Å². The number of rotatable bonds is 8. The number of piperidine rings is 1. The van der Waals surface area contributed by atoms with Gasteiger partial charge in [-0.2, -0.15) is 0 Å². The summed E-state index contributed by atoms with van der Waals surface area (Å²) in [4.78, 5) is 41.4. The van der Waals surface area contributed by atoms with Gasteiger partial charge in [0.2, 0.25) is 17.7 Å². The van der Waals surface area contributed by atoms with Gasteiger partial charge in [-0.05, 0) is 37.0 Å². The molecule has 2 saturated heterocycles. The minimum atomic E-state index is -0.401. The molecular weight excluding hydrogens is 356 g/mol. The van der Waals surface area contributed by atoms with E-state index in [1.807, 2.05) is 9.80 Å². The molecule has 2 aliphatic heterocycles. The molecule has 7 heteroatoms. The summed E-state index contributed by atoms with van der Waals surface area (Å²) in [6.45, 7) is 10.9. The summed E-state index contributed by atoms with van der Waals surface area (Å²) in [5.41, 5.74) is 5.31. The van der Waals surface area contributed by atoms with Gasteiger partial charge in [-0.25, -0.2) is 0 Å². The minimum absolute atomic E-state index is 0.0576. The van der Waals surface area contributed by atoms with Crippen molar-refractivity contribution in [2.75, 3.05) is 26.2 Å². The molecule has 160 valence electrons. The fourth-order valence-electron chi connectivity index (χ4n) is 4.42. The average molecular weight is 395 g/mol. The van der Waals surface area contributed by atoms with Crippen molar-refractivity contribution in [1.29, 1.82) is 0 Å². The van der Waals surface area contributed by atoms with Gasteiger partial charge in [-0.1, -0.05) is 34.1 Å². The van der Waals surface area contributed by atoms with Crippen LogP contribution in [0.2, 0.25) is 0 Å². The van der Waals surface area contributed by atoms with Gasteiger partial charge in [0.1, 0.15) is 6.04 Å². The van der Waals surface area contributed by atoms with Crippen molar-refractivity contribution < 1.29 is 14.4 Å². The van der Waals surface area contributed by atoms with Crippen LogP contribution >= 0.6 is 0 Å². The highest BCUT2D eigenvalue weighted by Crippen LogP contribution is 2.25. The molecule has 0 aliphatic carbocycles. The Kier molecular flexibility index (Phi) is 8.28. The maximum absolute atomic E-state index is 13.4. The van der Waals surface area contributed by atoms with Crippen LogP contribution in [-0.2, 0) is 14.4 Å². The molecule has 2 fully saturated rings. The number of piperazine rings is 1. The number of hydrogen-bond donors (Lipinski definition) is 2. The molecule has 28 heavy (non-hydrogen) atoms. The van der Waals surface area contributed by atoms with Crippen LogP contribution in [0.25, 0.3) is 0 Å². The maximum Gasteiger partial charge on any atom is 0.245 e. The van der Waals surface area contributed by atoms with Crippen LogP contribution in [0, 0.1) is 17.8 Å². The zero-order valence-electron chi connectivity index (χ0n) is 17.9. The van der Waals surface area contributed by atoms with Gasteiger partial charge in [0.15, 0.2) is 0 Å². The molecule has 3 atom stereocenters. The van der Waals surface area contributed by atoms with E-state index >= 15 is 0 Å². The van der Waals surface area contributed by atoms with E-state index in [1.165, 1.54) is 0 Å². The van der Waals surface area contributed by atoms with E-state index in [2.05, 4.69) is 33.0 Å². The Hall–Kier alpha value is -1.63. The molecule has 0 aromatic heterocycles. The monoisotopic (exact) mass is 394 g/mol. The summed E-state index contributed by atoms with van der Waals surface area (Å²) < 4.78 is 0. The number of primary amides is 1. The molecule has 0 radical (unpaired) electrons. The second-order valence-corrected chi connectivity index (χ2v) is 8.94. The minimum Gasteiger partial charge on any atom is -0.370 e. The molecule has 3 N–H and O–H groups in total. The number of amides is 3. The summed E-state index contributed by atoms with van der Waals surface area (Å²) >= 11 is 0. The molecule has 2 aliphatic rings. The molecule has 3 amide bonds. The molecular formula is C21H38N4O3. The van der Waals surface area contributed by atoms with Crippen molar-refractivity contribution in [3.8, 4) is 0 Å². The largest absolute Gasteiger partial charge is 0.370 e. The van der Waals surface area contributed by atoms with Gasteiger partial charge in [-0.3, -0.25) is 14.4 Å². The van der Waals surface area contributed by atoms with E-state index in [0.29, 0.717) is 32.0 Å². The first kappa shape index (κ1) is 22.7. The number of carbonyl (C=O) groups excluding carboxylic acids is 3. The first-order valence-electron chi connectivity index (χ1n) is 10.9. The van der Waals surface area contributed by atoms with E-state index in [0.717, 1.165) is 32.2 Å². The van der Waals surface area contributed by atoms with Crippen LogP contribution in [0.1, 0.15) is 59.8 Å². The van der Waals surface area contributed by atoms with Gasteiger partial charge in [0, 0.05) is 32.6 Å². The SMILES string of the molecule is CCC(C)C(C(=O)N1CCC(CC(N)=O)CC1)N1CCN[C@@H](CC(C)C)C1=O. The molecule has 0 aromatic rings. The Balaban J connectivity index is 2.09. The zero-order chi connectivity index (χ0) is 20.8. The highest BCUT2D eigenvalue weighted by atomic mass is 16.2. The fraction of sp³-hybridized carbons (Fsp3) is 0.857. The highest BCUT2D eigenvalue weighted by molar-refractivity contribution is 5.90. The lowest BCUT2D eigenvalue weighted by Gasteiger charge is -2.43. The van der Waals surface area contributed by atoms with Crippen LogP contribution in [0.4, 0.5) is 0 Å². The zero-order valence-corrected chi connectivity index (χ0v) is 17.9. The average Bonchev–Trinajstić information content (AvgIpc) is 2.64. The standard InChI is InChI=1S/C21H38N4O3/c1-5-15(4)19(25-11-8-23-17(20(25)27)12-14(2)3)21(28)24-9-6-16(7-10-24)13-18(22)26/h14-17,19,23H,5-13H2,1-4H3,(H2,22,26)/t15?,17-,19?/m0/s1. The van der Waals surface area contributed by atoms with Crippen molar-refractivity contribution in [2.24, 2.45) is 23.5 Å². The third kappa shape index (κ3) is 5.69. The van der Waals surface area contributed by atoms with Crippen molar-refractivity contribution in [3.63, 3.8) is 0 Å². The molecule has 0 saturated carbocycles. The smallest absolute Gasteiger partial charge is 0.245 e. The second kappa shape index (κ2) is 10.2. The summed E-state index contributed by atoms with van der Waals surface area (Å²) in [7, 11) is 0. The van der Waals surface area contributed by atoms with Crippen molar-refractivity contribution in [3.05, 3.63) is 0 Å².